The Labute approximate surface area is 85.1 Å². The highest BCUT2D eigenvalue weighted by Gasteiger charge is 2.20. The maximum Gasteiger partial charge on any atom is -0.0298 e. The predicted octanol–water partition coefficient (Wildman–Crippen LogP) is 4.84. The van der Waals surface area contributed by atoms with Crippen molar-refractivity contribution in [2.45, 2.75) is 66.7 Å². The molecule has 0 amide bonds. The maximum atomic E-state index is 2.57. The van der Waals surface area contributed by atoms with Crippen LogP contribution in [0.3, 0.4) is 0 Å². The quantitative estimate of drug-likeness (QED) is 0.529. The highest BCUT2D eigenvalue weighted by molar-refractivity contribution is 4.88. The molecule has 0 aliphatic rings. The van der Waals surface area contributed by atoms with Gasteiger partial charge in [0.25, 0.3) is 0 Å². The molecule has 0 aromatic rings. The van der Waals surface area contributed by atoms with Gasteiger partial charge in [0.05, 0.1) is 0 Å². The van der Waals surface area contributed by atoms with E-state index in [0.29, 0.717) is 5.41 Å². The van der Waals surface area contributed by atoms with Gasteiger partial charge in [-0.1, -0.05) is 66.7 Å². The summed E-state index contributed by atoms with van der Waals surface area (Å²) in [6, 6.07) is 0. The normalized spacial score (nSPS) is 14.5. The number of unbranched alkanes of at least 4 members (excludes halogenated alkanes) is 1. The standard InChI is InChI=1S/C13H27/c1-6-9-10-12(7-2)11-13(4,5)8-3/h11-12H,6-10H2,1-5H3. The third-order valence-electron chi connectivity index (χ3n) is 3.05. The smallest absolute Gasteiger partial charge is 0.0298 e. The van der Waals surface area contributed by atoms with Crippen molar-refractivity contribution < 1.29 is 0 Å². The Balaban J connectivity index is 3.82. The zero-order valence-corrected chi connectivity index (χ0v) is 10.2. The second-order valence-corrected chi connectivity index (χ2v) is 4.82. The summed E-state index contributed by atoms with van der Waals surface area (Å²) < 4.78 is 0. The van der Waals surface area contributed by atoms with Crippen LogP contribution in [0.1, 0.15) is 66.7 Å². The molecule has 0 heterocycles. The zero-order valence-electron chi connectivity index (χ0n) is 10.2. The first-order valence-electron chi connectivity index (χ1n) is 5.91. The first-order chi connectivity index (χ1) is 6.05. The molecular formula is C13H27. The van der Waals surface area contributed by atoms with Gasteiger partial charge in [0, 0.05) is 0 Å². The first kappa shape index (κ1) is 13.0. The Hall–Kier alpha value is 0. The van der Waals surface area contributed by atoms with Crippen molar-refractivity contribution in [3.8, 4) is 0 Å². The summed E-state index contributed by atoms with van der Waals surface area (Å²) in [4.78, 5) is 0. The van der Waals surface area contributed by atoms with Crippen LogP contribution in [0.25, 0.3) is 0 Å². The van der Waals surface area contributed by atoms with Gasteiger partial charge < -0.3 is 0 Å². The van der Waals surface area contributed by atoms with E-state index in [2.05, 4.69) is 41.0 Å². The van der Waals surface area contributed by atoms with E-state index in [1.807, 2.05) is 0 Å². The Morgan fingerprint density at radius 1 is 1.15 bits per heavy atom. The van der Waals surface area contributed by atoms with Gasteiger partial charge in [0.15, 0.2) is 0 Å². The van der Waals surface area contributed by atoms with Crippen LogP contribution in [0.15, 0.2) is 0 Å². The molecule has 79 valence electrons. The molecule has 0 rings (SSSR count). The first-order valence-corrected chi connectivity index (χ1v) is 5.91. The highest BCUT2D eigenvalue weighted by Crippen LogP contribution is 2.31. The lowest BCUT2D eigenvalue weighted by atomic mass is 9.78. The minimum atomic E-state index is 0.439. The van der Waals surface area contributed by atoms with E-state index >= 15 is 0 Å². The summed E-state index contributed by atoms with van der Waals surface area (Å²) in [5, 5.41) is 0. The number of hydrogen-bond donors (Lipinski definition) is 0. The molecule has 13 heavy (non-hydrogen) atoms. The van der Waals surface area contributed by atoms with E-state index in [-0.39, 0.29) is 0 Å². The summed E-state index contributed by atoms with van der Waals surface area (Å²) in [5.41, 5.74) is 0.439. The molecule has 0 aliphatic heterocycles. The monoisotopic (exact) mass is 183 g/mol. The van der Waals surface area contributed by atoms with E-state index in [1.165, 1.54) is 32.1 Å². The molecule has 0 aliphatic carbocycles. The molecule has 0 aromatic carbocycles. The van der Waals surface area contributed by atoms with Crippen LogP contribution in [0, 0.1) is 17.8 Å². The van der Waals surface area contributed by atoms with Crippen LogP contribution in [-0.2, 0) is 0 Å². The molecule has 0 fully saturated rings. The van der Waals surface area contributed by atoms with Crippen molar-refractivity contribution in [2.24, 2.45) is 11.3 Å². The Morgan fingerprint density at radius 3 is 2.15 bits per heavy atom. The van der Waals surface area contributed by atoms with E-state index in [4.69, 9.17) is 0 Å². The van der Waals surface area contributed by atoms with Gasteiger partial charge >= 0.3 is 0 Å². The van der Waals surface area contributed by atoms with Gasteiger partial charge in [-0.05, 0) is 17.8 Å². The molecule has 1 atom stereocenters. The minimum absolute atomic E-state index is 0.439. The van der Waals surface area contributed by atoms with Crippen LogP contribution < -0.4 is 0 Å². The van der Waals surface area contributed by atoms with E-state index < -0.39 is 0 Å². The molecule has 0 aromatic heterocycles. The predicted molar refractivity (Wildman–Crippen MR) is 61.7 cm³/mol. The van der Waals surface area contributed by atoms with Crippen LogP contribution in [0.4, 0.5) is 0 Å². The van der Waals surface area contributed by atoms with Gasteiger partial charge in [-0.25, -0.2) is 0 Å². The fraction of sp³-hybridized carbons (Fsp3) is 0.923. The van der Waals surface area contributed by atoms with Crippen LogP contribution >= 0.6 is 0 Å². The molecule has 1 unspecified atom stereocenters. The molecule has 0 nitrogen and oxygen atoms in total. The lowest BCUT2D eigenvalue weighted by Crippen LogP contribution is -2.16. The van der Waals surface area contributed by atoms with Gasteiger partial charge in [-0.2, -0.15) is 0 Å². The Morgan fingerprint density at radius 2 is 1.77 bits per heavy atom. The fourth-order valence-corrected chi connectivity index (χ4v) is 1.63. The Bertz CT molecular complexity index is 113. The molecule has 0 bridgehead atoms. The van der Waals surface area contributed by atoms with Gasteiger partial charge in [0.1, 0.15) is 0 Å². The lowest BCUT2D eigenvalue weighted by Gasteiger charge is -2.27. The molecule has 0 saturated carbocycles. The van der Waals surface area contributed by atoms with Crippen molar-refractivity contribution >= 4 is 0 Å². The lowest BCUT2D eigenvalue weighted by molar-refractivity contribution is 0.342. The molecule has 0 N–H and O–H groups in total. The van der Waals surface area contributed by atoms with Crippen molar-refractivity contribution in [2.75, 3.05) is 0 Å². The van der Waals surface area contributed by atoms with E-state index in [0.717, 1.165) is 5.92 Å². The van der Waals surface area contributed by atoms with Crippen LogP contribution in [0.5, 0.6) is 0 Å². The van der Waals surface area contributed by atoms with Crippen LogP contribution in [0.2, 0.25) is 0 Å². The van der Waals surface area contributed by atoms with Crippen molar-refractivity contribution in [3.63, 3.8) is 0 Å². The average molecular weight is 183 g/mol. The van der Waals surface area contributed by atoms with E-state index in [1.54, 1.807) is 0 Å². The van der Waals surface area contributed by atoms with Gasteiger partial charge in [0.2, 0.25) is 0 Å². The molecule has 0 spiro atoms. The second kappa shape index (κ2) is 6.45. The summed E-state index contributed by atoms with van der Waals surface area (Å²) >= 11 is 0. The zero-order chi connectivity index (χ0) is 10.3. The second-order valence-electron chi connectivity index (χ2n) is 4.82. The SMILES string of the molecule is CCCCC([CH]C(C)(C)CC)CC. The molecule has 0 heteroatoms. The van der Waals surface area contributed by atoms with Crippen molar-refractivity contribution in [1.29, 1.82) is 0 Å². The summed E-state index contributed by atoms with van der Waals surface area (Å²) in [5.74, 6) is 0.842. The third-order valence-corrected chi connectivity index (χ3v) is 3.05. The van der Waals surface area contributed by atoms with E-state index in [9.17, 15) is 0 Å². The van der Waals surface area contributed by atoms with Gasteiger partial charge in [-0.3, -0.25) is 0 Å². The summed E-state index contributed by atoms with van der Waals surface area (Å²) in [7, 11) is 0. The third kappa shape index (κ3) is 6.12. The molecule has 1 radical (unpaired) electrons. The molecular weight excluding hydrogens is 156 g/mol. The molecule has 0 saturated heterocycles. The fourth-order valence-electron chi connectivity index (χ4n) is 1.63. The average Bonchev–Trinajstić information content (AvgIpc) is 2.12. The maximum absolute atomic E-state index is 2.57. The number of rotatable bonds is 7. The minimum Gasteiger partial charge on any atom is -0.0654 e. The highest BCUT2D eigenvalue weighted by atomic mass is 14.2. The number of hydrogen-bond acceptors (Lipinski definition) is 0. The summed E-state index contributed by atoms with van der Waals surface area (Å²) in [6.45, 7) is 11.6. The largest absolute Gasteiger partial charge is 0.0654 e. The van der Waals surface area contributed by atoms with Crippen molar-refractivity contribution in [3.05, 3.63) is 6.42 Å². The Kier molecular flexibility index (Phi) is 6.45. The van der Waals surface area contributed by atoms with Gasteiger partial charge in [-0.15, -0.1) is 0 Å². The summed E-state index contributed by atoms with van der Waals surface area (Å²) in [6.07, 6.45) is 9.24. The van der Waals surface area contributed by atoms with Crippen molar-refractivity contribution in [1.82, 2.24) is 0 Å². The van der Waals surface area contributed by atoms with Crippen LogP contribution in [-0.4, -0.2) is 0 Å². The topological polar surface area (TPSA) is 0 Å².